The van der Waals surface area contributed by atoms with Crippen LogP contribution in [0.25, 0.3) is 0 Å². The van der Waals surface area contributed by atoms with Crippen LogP contribution in [0.1, 0.15) is 21.6 Å². The molecule has 3 nitrogen and oxygen atoms in total. The van der Waals surface area contributed by atoms with Crippen molar-refractivity contribution in [3.8, 4) is 0 Å². The largest absolute Gasteiger partial charge is 0.433 e. The molecule has 0 aliphatic carbocycles. The van der Waals surface area contributed by atoms with Gasteiger partial charge in [0.1, 0.15) is 17.8 Å². The minimum absolute atomic E-state index is 0.240. The molecule has 0 bridgehead atoms. The highest BCUT2D eigenvalue weighted by molar-refractivity contribution is 5.74. The topological polar surface area (TPSA) is 33.2 Å². The van der Waals surface area contributed by atoms with E-state index in [0.29, 0.717) is 12.1 Å². The Labute approximate surface area is 120 Å². The van der Waals surface area contributed by atoms with Gasteiger partial charge in [-0.05, 0) is 17.7 Å². The molecule has 21 heavy (non-hydrogen) atoms. The molecule has 0 atom stereocenters. The van der Waals surface area contributed by atoms with Crippen molar-refractivity contribution in [1.29, 1.82) is 0 Å². The van der Waals surface area contributed by atoms with Gasteiger partial charge in [-0.25, -0.2) is 4.98 Å². The van der Waals surface area contributed by atoms with Gasteiger partial charge in [-0.2, -0.15) is 13.2 Å². The third-order valence-electron chi connectivity index (χ3n) is 2.95. The molecule has 0 aliphatic rings. The van der Waals surface area contributed by atoms with E-state index >= 15 is 0 Å². The fraction of sp³-hybridized carbons (Fsp3) is 0.200. The zero-order valence-corrected chi connectivity index (χ0v) is 11.3. The highest BCUT2D eigenvalue weighted by Gasteiger charge is 2.32. The Bertz CT molecular complexity index is 624. The van der Waals surface area contributed by atoms with E-state index in [2.05, 4.69) is 4.98 Å². The van der Waals surface area contributed by atoms with Gasteiger partial charge in [0.05, 0.1) is 0 Å². The maximum atomic E-state index is 12.6. The minimum atomic E-state index is -4.46. The lowest BCUT2D eigenvalue weighted by molar-refractivity contribution is -0.141. The van der Waals surface area contributed by atoms with E-state index < -0.39 is 11.9 Å². The highest BCUT2D eigenvalue weighted by atomic mass is 19.4. The van der Waals surface area contributed by atoms with Crippen LogP contribution in [0.2, 0.25) is 0 Å². The maximum absolute atomic E-state index is 12.6. The molecule has 2 aromatic rings. The Morgan fingerprint density at radius 3 is 2.38 bits per heavy atom. The number of rotatable bonds is 4. The third-order valence-corrected chi connectivity index (χ3v) is 2.95. The molecule has 0 saturated carbocycles. The summed E-state index contributed by atoms with van der Waals surface area (Å²) in [5, 5.41) is 0. The van der Waals surface area contributed by atoms with Crippen molar-refractivity contribution < 1.29 is 18.0 Å². The number of alkyl halides is 3. The van der Waals surface area contributed by atoms with Crippen molar-refractivity contribution in [3.63, 3.8) is 0 Å². The lowest BCUT2D eigenvalue weighted by atomic mass is 10.1. The highest BCUT2D eigenvalue weighted by Crippen LogP contribution is 2.28. The number of aromatic nitrogens is 1. The van der Waals surface area contributed by atoms with Gasteiger partial charge >= 0.3 is 6.18 Å². The average molecular weight is 294 g/mol. The number of carbonyl (C=O) groups excluding carboxylic acids is 1. The molecule has 0 amide bonds. The molecule has 0 aliphatic heterocycles. The number of hydrogen-bond acceptors (Lipinski definition) is 3. The van der Waals surface area contributed by atoms with Crippen LogP contribution in [0.5, 0.6) is 0 Å². The van der Waals surface area contributed by atoms with Crippen LogP contribution in [0.4, 0.5) is 19.0 Å². The molecule has 6 heteroatoms. The van der Waals surface area contributed by atoms with E-state index in [1.807, 2.05) is 0 Å². The summed E-state index contributed by atoms with van der Waals surface area (Å²) in [4.78, 5) is 15.8. The first kappa shape index (κ1) is 15.0. The van der Waals surface area contributed by atoms with Gasteiger partial charge in [0.2, 0.25) is 0 Å². The van der Waals surface area contributed by atoms with Crippen LogP contribution in [0, 0.1) is 0 Å². The van der Waals surface area contributed by atoms with Crippen molar-refractivity contribution >= 4 is 12.1 Å². The van der Waals surface area contributed by atoms with Crippen molar-refractivity contribution in [3.05, 3.63) is 59.3 Å². The van der Waals surface area contributed by atoms with Gasteiger partial charge in [-0.3, -0.25) is 4.79 Å². The summed E-state index contributed by atoms with van der Waals surface area (Å²) in [5.41, 5.74) is 0.518. The van der Waals surface area contributed by atoms with Crippen molar-refractivity contribution in [2.24, 2.45) is 0 Å². The first-order valence-corrected chi connectivity index (χ1v) is 6.19. The number of hydrogen-bond donors (Lipinski definition) is 0. The van der Waals surface area contributed by atoms with E-state index in [0.717, 1.165) is 17.9 Å². The average Bonchev–Trinajstić information content (AvgIpc) is 2.47. The molecule has 1 aromatic heterocycles. The fourth-order valence-corrected chi connectivity index (χ4v) is 1.85. The molecule has 0 spiro atoms. The zero-order chi connectivity index (χ0) is 15.5. The van der Waals surface area contributed by atoms with Gasteiger partial charge in [0, 0.05) is 19.2 Å². The normalized spacial score (nSPS) is 11.2. The summed E-state index contributed by atoms with van der Waals surface area (Å²) in [7, 11) is 1.66. The smallest absolute Gasteiger partial charge is 0.355 e. The Balaban J connectivity index is 2.16. The third kappa shape index (κ3) is 3.81. The number of halogens is 3. The van der Waals surface area contributed by atoms with Crippen molar-refractivity contribution in [2.75, 3.05) is 11.9 Å². The van der Waals surface area contributed by atoms with Crippen LogP contribution >= 0.6 is 0 Å². The summed E-state index contributed by atoms with van der Waals surface area (Å²) >= 11 is 0. The fourth-order valence-electron chi connectivity index (χ4n) is 1.85. The predicted molar refractivity (Wildman–Crippen MR) is 73.2 cm³/mol. The molecule has 1 aromatic carbocycles. The number of aldehydes is 1. The van der Waals surface area contributed by atoms with E-state index in [1.165, 1.54) is 12.1 Å². The molecule has 0 radical (unpaired) electrons. The molecule has 0 unspecified atom stereocenters. The van der Waals surface area contributed by atoms with Crippen LogP contribution in [0.15, 0.2) is 42.5 Å². The van der Waals surface area contributed by atoms with E-state index in [9.17, 15) is 18.0 Å². The summed E-state index contributed by atoms with van der Waals surface area (Å²) in [6, 6.07) is 10.6. The predicted octanol–water partition coefficient (Wildman–Crippen LogP) is 3.55. The summed E-state index contributed by atoms with van der Waals surface area (Å²) in [6.45, 7) is 0.396. The van der Waals surface area contributed by atoms with Crippen molar-refractivity contribution in [2.45, 2.75) is 12.7 Å². The van der Waals surface area contributed by atoms with Crippen LogP contribution in [0.3, 0.4) is 0 Å². The quantitative estimate of drug-likeness (QED) is 0.809. The number of carbonyl (C=O) groups is 1. The number of pyridine rings is 1. The minimum Gasteiger partial charge on any atom is -0.355 e. The molecule has 0 N–H and O–H groups in total. The zero-order valence-electron chi connectivity index (χ0n) is 11.3. The summed E-state index contributed by atoms with van der Waals surface area (Å²) in [6.07, 6.45) is -3.72. The Morgan fingerprint density at radius 1 is 1.14 bits per heavy atom. The monoisotopic (exact) mass is 294 g/mol. The van der Waals surface area contributed by atoms with Crippen LogP contribution < -0.4 is 4.90 Å². The molecule has 0 fully saturated rings. The molecule has 1 heterocycles. The molecule has 110 valence electrons. The molecule has 2 rings (SSSR count). The molecule has 0 saturated heterocycles. The van der Waals surface area contributed by atoms with E-state index in [-0.39, 0.29) is 5.82 Å². The van der Waals surface area contributed by atoms with Gasteiger partial charge in [-0.1, -0.05) is 30.3 Å². The first-order valence-electron chi connectivity index (χ1n) is 6.19. The SMILES string of the molecule is CN(Cc1ccc(C=O)cc1)c1cccc(C(F)(F)F)n1. The number of benzene rings is 1. The van der Waals surface area contributed by atoms with Crippen LogP contribution in [-0.2, 0) is 12.7 Å². The Morgan fingerprint density at radius 2 is 1.81 bits per heavy atom. The number of nitrogens with zero attached hydrogens (tertiary/aromatic N) is 2. The lowest BCUT2D eigenvalue weighted by Crippen LogP contribution is -2.19. The van der Waals surface area contributed by atoms with Gasteiger partial charge in [0.15, 0.2) is 0 Å². The maximum Gasteiger partial charge on any atom is 0.433 e. The van der Waals surface area contributed by atoms with Gasteiger partial charge in [0.25, 0.3) is 0 Å². The molecular weight excluding hydrogens is 281 g/mol. The summed E-state index contributed by atoms with van der Waals surface area (Å²) in [5.74, 6) is 0.240. The molecular formula is C15H13F3N2O. The van der Waals surface area contributed by atoms with E-state index in [1.54, 1.807) is 36.2 Å². The van der Waals surface area contributed by atoms with Gasteiger partial charge in [-0.15, -0.1) is 0 Å². The Hall–Kier alpha value is -2.37. The standard InChI is InChI=1S/C15H13F3N2O/c1-20(9-11-5-7-12(10-21)8-6-11)14-4-2-3-13(19-14)15(16,17)18/h2-8,10H,9H2,1H3. The number of anilines is 1. The van der Waals surface area contributed by atoms with Gasteiger partial charge < -0.3 is 4.90 Å². The second-order valence-electron chi connectivity index (χ2n) is 4.59. The van der Waals surface area contributed by atoms with Crippen molar-refractivity contribution in [1.82, 2.24) is 4.98 Å². The summed E-state index contributed by atoms with van der Waals surface area (Å²) < 4.78 is 37.9. The van der Waals surface area contributed by atoms with Crippen LogP contribution in [-0.4, -0.2) is 18.3 Å². The first-order chi connectivity index (χ1) is 9.90. The second-order valence-corrected chi connectivity index (χ2v) is 4.59. The second kappa shape index (κ2) is 5.95. The Kier molecular flexibility index (Phi) is 4.26. The lowest BCUT2D eigenvalue weighted by Gasteiger charge is -2.19. The van der Waals surface area contributed by atoms with E-state index in [4.69, 9.17) is 0 Å².